The predicted molar refractivity (Wildman–Crippen MR) is 76.0 cm³/mol. The van der Waals surface area contributed by atoms with Crippen LogP contribution in [0.4, 0.5) is 4.39 Å². The highest BCUT2D eigenvalue weighted by Crippen LogP contribution is 2.38. The van der Waals surface area contributed by atoms with E-state index in [0.29, 0.717) is 0 Å². The van der Waals surface area contributed by atoms with Crippen molar-refractivity contribution in [3.8, 4) is 11.1 Å². The summed E-state index contributed by atoms with van der Waals surface area (Å²) in [6.45, 7) is 0. The summed E-state index contributed by atoms with van der Waals surface area (Å²) in [5.41, 5.74) is 0.0594. The van der Waals surface area contributed by atoms with Crippen molar-refractivity contribution >= 4 is 40.8 Å². The number of rotatable bonds is 2. The lowest BCUT2D eigenvalue weighted by Gasteiger charge is -2.11. The maximum Gasteiger partial charge on any atom is 0.338 e. The molecule has 3 nitrogen and oxygen atoms in total. The molecule has 2 rings (SSSR count). The molecule has 1 aromatic heterocycles. The number of carbonyl (C=O) groups excluding carboxylic acids is 1. The number of esters is 1. The quantitative estimate of drug-likeness (QED) is 0.456. The molecular weight excluding hydrogens is 328 g/mol. The normalized spacial score (nSPS) is 10.4. The molecular formula is C13H7Cl3FNO2. The Morgan fingerprint density at radius 3 is 2.65 bits per heavy atom. The predicted octanol–water partition coefficient (Wildman–Crippen LogP) is 4.63. The third-order valence-corrected chi connectivity index (χ3v) is 3.59. The highest BCUT2D eigenvalue weighted by Gasteiger charge is 2.21. The number of methoxy groups -OCH3 is 1. The standard InChI is InChI=1S/C13H7Cl3FNO2/c1-20-13(19)7-2-3-18-12(17)10(7)8-4-6(14)5-9(15)11(8)16/h2-5H,1H3. The van der Waals surface area contributed by atoms with Crippen molar-refractivity contribution in [2.75, 3.05) is 7.11 Å². The van der Waals surface area contributed by atoms with E-state index in [-0.39, 0.29) is 31.8 Å². The van der Waals surface area contributed by atoms with Crippen LogP contribution in [-0.4, -0.2) is 18.1 Å². The molecule has 0 aliphatic rings. The fraction of sp³-hybridized carbons (Fsp3) is 0.0769. The molecule has 20 heavy (non-hydrogen) atoms. The first-order valence-electron chi connectivity index (χ1n) is 5.33. The molecule has 0 radical (unpaired) electrons. The number of ether oxygens (including phenoxy) is 1. The Hall–Kier alpha value is -1.36. The van der Waals surface area contributed by atoms with Crippen molar-refractivity contribution in [2.45, 2.75) is 0 Å². The summed E-state index contributed by atoms with van der Waals surface area (Å²) in [6.07, 6.45) is 1.16. The van der Waals surface area contributed by atoms with Crippen molar-refractivity contribution in [3.63, 3.8) is 0 Å². The molecule has 0 N–H and O–H groups in total. The van der Waals surface area contributed by atoms with Crippen LogP contribution < -0.4 is 0 Å². The van der Waals surface area contributed by atoms with Crippen LogP contribution in [0.1, 0.15) is 10.4 Å². The van der Waals surface area contributed by atoms with Crippen LogP contribution in [0.5, 0.6) is 0 Å². The van der Waals surface area contributed by atoms with E-state index in [1.54, 1.807) is 0 Å². The van der Waals surface area contributed by atoms with E-state index in [1.807, 2.05) is 0 Å². The Morgan fingerprint density at radius 1 is 1.30 bits per heavy atom. The smallest absolute Gasteiger partial charge is 0.338 e. The lowest BCUT2D eigenvalue weighted by atomic mass is 10.0. The van der Waals surface area contributed by atoms with Crippen molar-refractivity contribution in [2.24, 2.45) is 0 Å². The van der Waals surface area contributed by atoms with E-state index in [1.165, 1.54) is 25.3 Å². The Balaban J connectivity index is 2.79. The van der Waals surface area contributed by atoms with Gasteiger partial charge in [0.2, 0.25) is 5.95 Å². The van der Waals surface area contributed by atoms with E-state index in [0.717, 1.165) is 6.20 Å². The second kappa shape index (κ2) is 5.95. The van der Waals surface area contributed by atoms with Gasteiger partial charge in [-0.05, 0) is 18.2 Å². The van der Waals surface area contributed by atoms with Gasteiger partial charge in [-0.15, -0.1) is 0 Å². The first-order chi connectivity index (χ1) is 9.45. The Bertz CT molecular complexity index is 692. The van der Waals surface area contributed by atoms with Crippen LogP contribution >= 0.6 is 34.8 Å². The van der Waals surface area contributed by atoms with Crippen LogP contribution in [0.15, 0.2) is 24.4 Å². The van der Waals surface area contributed by atoms with Gasteiger partial charge in [-0.2, -0.15) is 4.39 Å². The van der Waals surface area contributed by atoms with E-state index in [4.69, 9.17) is 34.8 Å². The number of halogens is 4. The summed E-state index contributed by atoms with van der Waals surface area (Å²) < 4.78 is 18.6. The Morgan fingerprint density at radius 2 is 2.00 bits per heavy atom. The zero-order chi connectivity index (χ0) is 14.9. The first-order valence-corrected chi connectivity index (χ1v) is 6.46. The third kappa shape index (κ3) is 2.73. The second-order valence-corrected chi connectivity index (χ2v) is 4.99. The van der Waals surface area contributed by atoms with Crippen molar-refractivity contribution in [3.05, 3.63) is 51.0 Å². The zero-order valence-electron chi connectivity index (χ0n) is 10.1. The monoisotopic (exact) mass is 333 g/mol. The molecule has 104 valence electrons. The molecule has 0 amide bonds. The molecule has 7 heteroatoms. The van der Waals surface area contributed by atoms with Gasteiger partial charge in [0.05, 0.1) is 28.3 Å². The second-order valence-electron chi connectivity index (χ2n) is 3.77. The van der Waals surface area contributed by atoms with Gasteiger partial charge in [0.1, 0.15) is 0 Å². The minimum Gasteiger partial charge on any atom is -0.465 e. The molecule has 0 fully saturated rings. The Labute approximate surface area is 129 Å². The minimum atomic E-state index is -0.867. The van der Waals surface area contributed by atoms with Gasteiger partial charge >= 0.3 is 5.97 Å². The summed E-state index contributed by atoms with van der Waals surface area (Å²) in [5.74, 6) is -1.58. The highest BCUT2D eigenvalue weighted by molar-refractivity contribution is 6.45. The van der Waals surface area contributed by atoms with Gasteiger partial charge in [-0.3, -0.25) is 0 Å². The number of benzene rings is 1. The lowest BCUT2D eigenvalue weighted by Crippen LogP contribution is -2.06. The van der Waals surface area contributed by atoms with E-state index < -0.39 is 11.9 Å². The average molecular weight is 335 g/mol. The van der Waals surface area contributed by atoms with Crippen LogP contribution in [0, 0.1) is 5.95 Å². The van der Waals surface area contributed by atoms with Crippen LogP contribution in [-0.2, 0) is 4.74 Å². The number of aromatic nitrogens is 1. The molecule has 1 heterocycles. The minimum absolute atomic E-state index is 0.0137. The average Bonchev–Trinajstić information content (AvgIpc) is 2.42. The fourth-order valence-electron chi connectivity index (χ4n) is 1.71. The fourth-order valence-corrected chi connectivity index (χ4v) is 2.41. The molecule has 0 saturated heterocycles. The molecule has 2 aromatic rings. The van der Waals surface area contributed by atoms with Gasteiger partial charge in [0, 0.05) is 16.8 Å². The van der Waals surface area contributed by atoms with Gasteiger partial charge < -0.3 is 4.74 Å². The van der Waals surface area contributed by atoms with Gasteiger partial charge in [0.25, 0.3) is 0 Å². The van der Waals surface area contributed by atoms with Crippen molar-refractivity contribution in [1.82, 2.24) is 4.98 Å². The summed E-state index contributed by atoms with van der Waals surface area (Å²) in [7, 11) is 1.19. The summed E-state index contributed by atoms with van der Waals surface area (Å²) in [4.78, 5) is 15.2. The maximum atomic E-state index is 14.0. The molecule has 0 aliphatic heterocycles. The van der Waals surface area contributed by atoms with Crippen LogP contribution in [0.3, 0.4) is 0 Å². The molecule has 0 spiro atoms. The van der Waals surface area contributed by atoms with E-state index in [9.17, 15) is 9.18 Å². The molecule has 0 aliphatic carbocycles. The topological polar surface area (TPSA) is 39.2 Å². The van der Waals surface area contributed by atoms with Crippen LogP contribution in [0.25, 0.3) is 11.1 Å². The molecule has 0 saturated carbocycles. The number of nitrogens with zero attached hydrogens (tertiary/aromatic N) is 1. The lowest BCUT2D eigenvalue weighted by molar-refractivity contribution is 0.0601. The number of hydrogen-bond acceptors (Lipinski definition) is 3. The van der Waals surface area contributed by atoms with Gasteiger partial charge in [0.15, 0.2) is 0 Å². The molecule has 0 unspecified atom stereocenters. The zero-order valence-corrected chi connectivity index (χ0v) is 12.4. The van der Waals surface area contributed by atoms with E-state index in [2.05, 4.69) is 9.72 Å². The molecule has 0 bridgehead atoms. The summed E-state index contributed by atoms with van der Waals surface area (Å²) >= 11 is 17.9. The Kier molecular flexibility index (Phi) is 4.48. The van der Waals surface area contributed by atoms with Gasteiger partial charge in [-0.1, -0.05) is 34.8 Å². The maximum absolute atomic E-state index is 14.0. The summed E-state index contributed by atoms with van der Waals surface area (Å²) in [5, 5.41) is 0.481. The van der Waals surface area contributed by atoms with E-state index >= 15 is 0 Å². The number of carbonyl (C=O) groups is 1. The molecule has 0 atom stereocenters. The number of pyridine rings is 1. The SMILES string of the molecule is COC(=O)c1ccnc(F)c1-c1cc(Cl)cc(Cl)c1Cl. The number of hydrogen-bond donors (Lipinski definition) is 0. The highest BCUT2D eigenvalue weighted by atomic mass is 35.5. The first kappa shape index (κ1) is 15.0. The third-order valence-electron chi connectivity index (χ3n) is 2.57. The largest absolute Gasteiger partial charge is 0.465 e. The summed E-state index contributed by atoms with van der Waals surface area (Å²) in [6, 6.07) is 4.15. The van der Waals surface area contributed by atoms with Crippen molar-refractivity contribution in [1.29, 1.82) is 0 Å². The molecule has 1 aromatic carbocycles. The van der Waals surface area contributed by atoms with Gasteiger partial charge in [-0.25, -0.2) is 9.78 Å². The van der Waals surface area contributed by atoms with Crippen LogP contribution in [0.2, 0.25) is 15.1 Å². The van der Waals surface area contributed by atoms with Crippen molar-refractivity contribution < 1.29 is 13.9 Å².